The molecule has 4 heteroatoms. The molecular weight excluding hydrogens is 322 g/mol. The Balaban J connectivity index is 1.53. The van der Waals surface area contributed by atoms with Crippen LogP contribution in [0.5, 0.6) is 0 Å². The van der Waals surface area contributed by atoms with Gasteiger partial charge in [-0.15, -0.1) is 0 Å². The molecule has 0 aromatic heterocycles. The zero-order chi connectivity index (χ0) is 18.2. The molecule has 4 nitrogen and oxygen atoms in total. The molecule has 0 fully saturated rings. The molecule has 0 aliphatic carbocycles. The van der Waals surface area contributed by atoms with Crippen molar-refractivity contribution in [2.45, 2.75) is 19.8 Å². The minimum Gasteiger partial charge on any atom is -0.376 e. The Hall–Kier alpha value is -3.14. The highest BCUT2D eigenvalue weighted by Gasteiger charge is 2.03. The third-order valence-electron chi connectivity index (χ3n) is 4.20. The summed E-state index contributed by atoms with van der Waals surface area (Å²) in [5, 5.41) is 9.75. The van der Waals surface area contributed by atoms with Crippen LogP contribution >= 0.6 is 0 Å². The molecule has 0 saturated carbocycles. The Morgan fingerprint density at radius 3 is 2.42 bits per heavy atom. The van der Waals surface area contributed by atoms with Gasteiger partial charge in [0.15, 0.2) is 0 Å². The van der Waals surface area contributed by atoms with Gasteiger partial charge in [0, 0.05) is 17.8 Å². The number of carbonyl (C=O) groups is 1. The van der Waals surface area contributed by atoms with Gasteiger partial charge in [-0.3, -0.25) is 4.79 Å². The minimum absolute atomic E-state index is 0.155. The van der Waals surface area contributed by atoms with E-state index < -0.39 is 0 Å². The van der Waals surface area contributed by atoms with Crippen molar-refractivity contribution in [1.29, 1.82) is 0 Å². The summed E-state index contributed by atoms with van der Waals surface area (Å²) in [5.41, 5.74) is 5.71. The van der Waals surface area contributed by atoms with Gasteiger partial charge < -0.3 is 5.32 Å². The van der Waals surface area contributed by atoms with Crippen LogP contribution in [-0.2, 0) is 11.2 Å². The maximum absolute atomic E-state index is 12.1. The summed E-state index contributed by atoms with van der Waals surface area (Å²) < 4.78 is 0. The molecule has 0 saturated heterocycles. The third kappa shape index (κ3) is 4.93. The molecule has 3 rings (SSSR count). The third-order valence-corrected chi connectivity index (χ3v) is 4.20. The van der Waals surface area contributed by atoms with Crippen LogP contribution in [0.3, 0.4) is 0 Å². The van der Waals surface area contributed by atoms with E-state index in [1.54, 1.807) is 0 Å². The zero-order valence-corrected chi connectivity index (χ0v) is 14.9. The molecule has 0 spiro atoms. The number of hydrogen-bond donors (Lipinski definition) is 2. The highest BCUT2D eigenvalue weighted by atomic mass is 16.2. The molecule has 0 unspecified atom stereocenters. The summed E-state index contributed by atoms with van der Waals surface area (Å²) in [6.07, 6.45) is 1.54. The van der Waals surface area contributed by atoms with Gasteiger partial charge in [-0.2, -0.15) is 5.10 Å². The van der Waals surface area contributed by atoms with Gasteiger partial charge in [0.05, 0.1) is 6.54 Å². The molecule has 0 heterocycles. The fraction of sp³-hybridized carbons (Fsp3) is 0.182. The molecule has 0 radical (unpaired) electrons. The first-order valence-electron chi connectivity index (χ1n) is 8.85. The van der Waals surface area contributed by atoms with Crippen LogP contribution < -0.4 is 10.7 Å². The van der Waals surface area contributed by atoms with Crippen LogP contribution in [0.1, 0.15) is 18.9 Å². The monoisotopic (exact) mass is 345 g/mol. The first-order valence-corrected chi connectivity index (χ1v) is 8.85. The summed E-state index contributed by atoms with van der Waals surface area (Å²) in [5.74, 6) is -0.155. The van der Waals surface area contributed by atoms with Crippen molar-refractivity contribution >= 4 is 28.1 Å². The normalized spacial score (nSPS) is 11.3. The summed E-state index contributed by atoms with van der Waals surface area (Å²) in [4.78, 5) is 12.1. The molecule has 132 valence electrons. The number of fused-ring (bicyclic) bond motifs is 1. The van der Waals surface area contributed by atoms with Gasteiger partial charge in [-0.05, 0) is 34.9 Å². The number of nitrogens with one attached hydrogen (secondary N) is 2. The van der Waals surface area contributed by atoms with E-state index in [1.165, 1.54) is 10.9 Å². The van der Waals surface area contributed by atoms with E-state index in [4.69, 9.17) is 0 Å². The van der Waals surface area contributed by atoms with E-state index in [0.717, 1.165) is 29.6 Å². The lowest BCUT2D eigenvalue weighted by atomic mass is 10.1. The number of nitrogens with zero attached hydrogens (tertiary/aromatic N) is 1. The van der Waals surface area contributed by atoms with Crippen molar-refractivity contribution < 1.29 is 4.79 Å². The molecule has 0 atom stereocenters. The van der Waals surface area contributed by atoms with Crippen molar-refractivity contribution in [1.82, 2.24) is 5.43 Å². The summed E-state index contributed by atoms with van der Waals surface area (Å²) in [7, 11) is 0. The number of anilines is 1. The van der Waals surface area contributed by atoms with Gasteiger partial charge in [-0.1, -0.05) is 67.6 Å². The molecule has 3 aromatic rings. The van der Waals surface area contributed by atoms with E-state index >= 15 is 0 Å². The number of hydrogen-bond acceptors (Lipinski definition) is 3. The second-order valence-electron chi connectivity index (χ2n) is 6.14. The molecule has 1 amide bonds. The number of benzene rings is 3. The lowest BCUT2D eigenvalue weighted by Gasteiger charge is -2.08. The molecule has 2 N–H and O–H groups in total. The standard InChI is InChI=1S/C22H23N3O/c1-2-20(14-17-8-4-3-5-9-17)24-25-22(26)16-23-21-13-12-18-10-6-7-11-19(18)15-21/h3-13,15,23H,2,14,16H2,1H3,(H,25,26). The summed E-state index contributed by atoms with van der Waals surface area (Å²) >= 11 is 0. The average molecular weight is 345 g/mol. The van der Waals surface area contributed by atoms with E-state index in [1.807, 2.05) is 55.5 Å². The molecular formula is C22H23N3O. The van der Waals surface area contributed by atoms with Crippen LogP contribution in [0.2, 0.25) is 0 Å². The number of carbonyl (C=O) groups excluding carboxylic acids is 1. The minimum atomic E-state index is -0.155. The lowest BCUT2D eigenvalue weighted by Crippen LogP contribution is -2.27. The Morgan fingerprint density at radius 1 is 0.923 bits per heavy atom. The van der Waals surface area contributed by atoms with E-state index in [9.17, 15) is 4.79 Å². The van der Waals surface area contributed by atoms with Crippen molar-refractivity contribution in [2.24, 2.45) is 5.10 Å². The Labute approximate surface area is 153 Å². The highest BCUT2D eigenvalue weighted by molar-refractivity contribution is 5.89. The SMILES string of the molecule is CCC(Cc1ccccc1)=NNC(=O)CNc1ccc2ccccc2c1. The van der Waals surface area contributed by atoms with Crippen LogP contribution in [0.4, 0.5) is 5.69 Å². The van der Waals surface area contributed by atoms with Crippen LogP contribution in [0.15, 0.2) is 77.9 Å². The van der Waals surface area contributed by atoms with Crippen LogP contribution in [0.25, 0.3) is 10.8 Å². The molecule has 0 aliphatic heterocycles. The highest BCUT2D eigenvalue weighted by Crippen LogP contribution is 2.18. The number of rotatable bonds is 7. The van der Waals surface area contributed by atoms with Gasteiger partial charge in [0.1, 0.15) is 0 Å². The van der Waals surface area contributed by atoms with Crippen LogP contribution in [0, 0.1) is 0 Å². The Bertz CT molecular complexity index is 903. The molecule has 3 aromatic carbocycles. The Morgan fingerprint density at radius 2 is 1.65 bits per heavy atom. The van der Waals surface area contributed by atoms with E-state index in [-0.39, 0.29) is 12.5 Å². The van der Waals surface area contributed by atoms with Gasteiger partial charge in [-0.25, -0.2) is 5.43 Å². The Kier molecular flexibility index (Phi) is 5.99. The second-order valence-corrected chi connectivity index (χ2v) is 6.14. The van der Waals surface area contributed by atoms with Crippen LogP contribution in [-0.4, -0.2) is 18.2 Å². The van der Waals surface area contributed by atoms with E-state index in [2.05, 4.69) is 40.1 Å². The maximum atomic E-state index is 12.1. The van der Waals surface area contributed by atoms with Crippen molar-refractivity contribution in [3.8, 4) is 0 Å². The number of hydrazone groups is 1. The first-order chi connectivity index (χ1) is 12.7. The van der Waals surface area contributed by atoms with Crippen molar-refractivity contribution in [2.75, 3.05) is 11.9 Å². The maximum Gasteiger partial charge on any atom is 0.259 e. The first kappa shape index (κ1) is 17.7. The zero-order valence-electron chi connectivity index (χ0n) is 14.9. The quantitative estimate of drug-likeness (QED) is 0.493. The smallest absolute Gasteiger partial charge is 0.259 e. The van der Waals surface area contributed by atoms with Crippen molar-refractivity contribution in [3.63, 3.8) is 0 Å². The fourth-order valence-corrected chi connectivity index (χ4v) is 2.74. The molecule has 0 bridgehead atoms. The lowest BCUT2D eigenvalue weighted by molar-refractivity contribution is -0.119. The van der Waals surface area contributed by atoms with Gasteiger partial charge in [0.2, 0.25) is 0 Å². The summed E-state index contributed by atoms with van der Waals surface area (Å²) in [6, 6.07) is 24.3. The predicted octanol–water partition coefficient (Wildman–Crippen LogP) is 4.38. The average Bonchev–Trinajstić information content (AvgIpc) is 2.70. The summed E-state index contributed by atoms with van der Waals surface area (Å²) in [6.45, 7) is 2.23. The topological polar surface area (TPSA) is 53.5 Å². The predicted molar refractivity (Wildman–Crippen MR) is 108 cm³/mol. The second kappa shape index (κ2) is 8.81. The molecule has 0 aliphatic rings. The van der Waals surface area contributed by atoms with E-state index in [0.29, 0.717) is 0 Å². The van der Waals surface area contributed by atoms with Gasteiger partial charge in [0.25, 0.3) is 5.91 Å². The van der Waals surface area contributed by atoms with Gasteiger partial charge >= 0.3 is 0 Å². The van der Waals surface area contributed by atoms with Crippen molar-refractivity contribution in [3.05, 3.63) is 78.4 Å². The fourth-order valence-electron chi connectivity index (χ4n) is 2.74. The largest absolute Gasteiger partial charge is 0.376 e. The molecule has 26 heavy (non-hydrogen) atoms. The number of amides is 1.